The highest BCUT2D eigenvalue weighted by Gasteiger charge is 2.42. The lowest BCUT2D eigenvalue weighted by Gasteiger charge is -2.28. The molecule has 7 heteroatoms. The van der Waals surface area contributed by atoms with Crippen molar-refractivity contribution in [3.8, 4) is 5.69 Å². The van der Waals surface area contributed by atoms with Crippen LogP contribution in [-0.2, 0) is 0 Å². The summed E-state index contributed by atoms with van der Waals surface area (Å²) in [5.74, 6) is -0.236. The lowest BCUT2D eigenvalue weighted by atomic mass is 9.96. The van der Waals surface area contributed by atoms with Gasteiger partial charge in [-0.2, -0.15) is 0 Å². The largest absolute Gasteiger partial charge is 0.351 e. The molecule has 2 atom stereocenters. The lowest BCUT2D eigenvalue weighted by Crippen LogP contribution is -2.29. The number of pyridine rings is 1. The maximum Gasteiger partial charge on any atom is 0.174 e. The zero-order chi connectivity index (χ0) is 24.0. The quantitative estimate of drug-likeness (QED) is 0.320. The zero-order valence-electron chi connectivity index (χ0n) is 19.1. The second-order valence-corrected chi connectivity index (χ2v) is 9.39. The van der Waals surface area contributed by atoms with E-state index in [2.05, 4.69) is 39.7 Å². The first kappa shape index (κ1) is 22.6. The van der Waals surface area contributed by atoms with Crippen LogP contribution >= 0.6 is 23.8 Å². The average Bonchev–Trinajstić information content (AvgIpc) is 3.32. The molecule has 5 rings (SSSR count). The Balaban J connectivity index is 1.68. The van der Waals surface area contributed by atoms with Crippen LogP contribution in [0.5, 0.6) is 0 Å². The minimum atomic E-state index is -0.236. The van der Waals surface area contributed by atoms with E-state index in [1.807, 2.05) is 48.5 Å². The molecule has 1 aliphatic rings. The first-order valence-electron chi connectivity index (χ1n) is 11.1. The predicted octanol–water partition coefficient (Wildman–Crippen LogP) is 6.77. The number of aromatic nitrogens is 2. The maximum atomic E-state index is 14.1. The van der Waals surface area contributed by atoms with Crippen LogP contribution in [0.4, 0.5) is 10.1 Å². The van der Waals surface area contributed by atoms with Gasteiger partial charge in [0.05, 0.1) is 17.8 Å². The summed E-state index contributed by atoms with van der Waals surface area (Å²) in [6.45, 7) is 5.97. The van der Waals surface area contributed by atoms with Crippen LogP contribution in [0.15, 0.2) is 72.9 Å². The standard InChI is InChI=1S/C27H24ClFN4S/c1-16-14-21(11-12-23(16)29)33-26(25(31-27(33)34)24-6-4-5-13-30-24)22-15-17(2)32(18(22)3)20-9-7-19(28)8-10-20/h4-15,25-26H,1-3H3,(H,31,34)/t25-,26+/m1/s1. The normalized spacial score (nSPS) is 17.8. The molecule has 2 aromatic heterocycles. The van der Waals surface area contributed by atoms with E-state index in [9.17, 15) is 4.39 Å². The summed E-state index contributed by atoms with van der Waals surface area (Å²) in [7, 11) is 0. The number of benzene rings is 2. The van der Waals surface area contributed by atoms with E-state index in [0.717, 1.165) is 34.0 Å². The van der Waals surface area contributed by atoms with Gasteiger partial charge in [0.1, 0.15) is 5.82 Å². The van der Waals surface area contributed by atoms with Crippen molar-refractivity contribution in [3.05, 3.63) is 112 Å². The molecule has 3 heterocycles. The summed E-state index contributed by atoms with van der Waals surface area (Å²) in [5.41, 5.74) is 6.68. The molecule has 2 aromatic carbocycles. The highest BCUT2D eigenvalue weighted by molar-refractivity contribution is 7.80. The molecule has 0 aliphatic carbocycles. The summed E-state index contributed by atoms with van der Waals surface area (Å²) in [5, 5.41) is 4.76. The molecule has 4 aromatic rings. The third kappa shape index (κ3) is 3.87. The predicted molar refractivity (Wildman–Crippen MR) is 139 cm³/mol. The smallest absolute Gasteiger partial charge is 0.174 e. The molecule has 4 nitrogen and oxygen atoms in total. The van der Waals surface area contributed by atoms with E-state index in [1.54, 1.807) is 19.2 Å². The molecule has 0 amide bonds. The van der Waals surface area contributed by atoms with E-state index >= 15 is 0 Å². The van der Waals surface area contributed by atoms with Gasteiger partial charge in [0, 0.05) is 34.0 Å². The van der Waals surface area contributed by atoms with Gasteiger partial charge in [-0.1, -0.05) is 17.7 Å². The summed E-state index contributed by atoms with van der Waals surface area (Å²) < 4.78 is 16.3. The molecule has 0 radical (unpaired) electrons. The van der Waals surface area contributed by atoms with Gasteiger partial charge < -0.3 is 14.8 Å². The van der Waals surface area contributed by atoms with Crippen molar-refractivity contribution in [1.29, 1.82) is 0 Å². The van der Waals surface area contributed by atoms with Crippen LogP contribution < -0.4 is 10.2 Å². The van der Waals surface area contributed by atoms with Crippen molar-refractivity contribution in [1.82, 2.24) is 14.9 Å². The molecule has 34 heavy (non-hydrogen) atoms. The van der Waals surface area contributed by atoms with Crippen molar-refractivity contribution < 1.29 is 4.39 Å². The number of thiocarbonyl (C=S) groups is 1. The topological polar surface area (TPSA) is 33.1 Å². The van der Waals surface area contributed by atoms with Gasteiger partial charge in [0.25, 0.3) is 0 Å². The Hall–Kier alpha value is -3.22. The molecule has 1 saturated heterocycles. The molecule has 0 unspecified atom stereocenters. The van der Waals surface area contributed by atoms with E-state index in [-0.39, 0.29) is 17.9 Å². The Labute approximate surface area is 209 Å². The van der Waals surface area contributed by atoms with Gasteiger partial charge in [-0.05, 0) is 105 Å². The molecular weight excluding hydrogens is 467 g/mol. The van der Waals surface area contributed by atoms with Gasteiger partial charge in [0.2, 0.25) is 0 Å². The summed E-state index contributed by atoms with van der Waals surface area (Å²) >= 11 is 11.9. The lowest BCUT2D eigenvalue weighted by molar-refractivity contribution is 0.564. The number of hydrogen-bond acceptors (Lipinski definition) is 2. The fourth-order valence-corrected chi connectivity index (χ4v) is 5.27. The van der Waals surface area contributed by atoms with Crippen LogP contribution in [0.3, 0.4) is 0 Å². The summed E-state index contributed by atoms with van der Waals surface area (Å²) in [4.78, 5) is 6.71. The Morgan fingerprint density at radius 1 is 0.971 bits per heavy atom. The van der Waals surface area contributed by atoms with Crippen molar-refractivity contribution in [2.45, 2.75) is 32.9 Å². The van der Waals surface area contributed by atoms with Gasteiger partial charge in [-0.3, -0.25) is 4.98 Å². The van der Waals surface area contributed by atoms with E-state index in [4.69, 9.17) is 23.8 Å². The molecule has 0 bridgehead atoms. The third-order valence-electron chi connectivity index (χ3n) is 6.39. The second kappa shape index (κ2) is 8.85. The van der Waals surface area contributed by atoms with Crippen LogP contribution in [0.2, 0.25) is 5.02 Å². The number of nitrogens with zero attached hydrogens (tertiary/aromatic N) is 3. The Bertz CT molecular complexity index is 1370. The number of halogens is 2. The summed E-state index contributed by atoms with van der Waals surface area (Å²) in [6, 6.07) is 20.7. The minimum absolute atomic E-state index is 0.167. The van der Waals surface area contributed by atoms with Crippen LogP contribution in [0.1, 0.15) is 40.3 Å². The highest BCUT2D eigenvalue weighted by Crippen LogP contribution is 2.44. The molecule has 1 N–H and O–H groups in total. The molecule has 0 saturated carbocycles. The fourth-order valence-electron chi connectivity index (χ4n) is 4.80. The Morgan fingerprint density at radius 2 is 1.71 bits per heavy atom. The number of hydrogen-bond donors (Lipinski definition) is 1. The van der Waals surface area contributed by atoms with Crippen LogP contribution in [0, 0.1) is 26.6 Å². The molecule has 0 spiro atoms. The molecule has 1 fully saturated rings. The van der Waals surface area contributed by atoms with Crippen molar-refractivity contribution in [2.75, 3.05) is 4.90 Å². The number of aryl methyl sites for hydroxylation is 2. The Morgan fingerprint density at radius 3 is 2.38 bits per heavy atom. The molecule has 1 aliphatic heterocycles. The van der Waals surface area contributed by atoms with E-state index < -0.39 is 0 Å². The molecular formula is C27H24ClFN4S. The van der Waals surface area contributed by atoms with Gasteiger partial charge in [0.15, 0.2) is 5.11 Å². The van der Waals surface area contributed by atoms with Gasteiger partial charge in [-0.15, -0.1) is 0 Å². The van der Waals surface area contributed by atoms with Crippen molar-refractivity contribution in [3.63, 3.8) is 0 Å². The first-order valence-corrected chi connectivity index (χ1v) is 11.9. The fraction of sp³-hybridized carbons (Fsp3) is 0.185. The maximum absolute atomic E-state index is 14.1. The zero-order valence-corrected chi connectivity index (χ0v) is 20.7. The van der Waals surface area contributed by atoms with Gasteiger partial charge in [-0.25, -0.2) is 4.39 Å². The summed E-state index contributed by atoms with van der Waals surface area (Å²) in [6.07, 6.45) is 1.79. The van der Waals surface area contributed by atoms with Crippen molar-refractivity contribution in [2.24, 2.45) is 0 Å². The SMILES string of the molecule is Cc1cc(N2C(=S)N[C@H](c3ccccn3)[C@@H]2c2cc(C)n(-c3ccc(Cl)cc3)c2C)ccc1F. The number of nitrogens with one attached hydrogen (secondary N) is 1. The Kier molecular flexibility index (Phi) is 5.88. The first-order chi connectivity index (χ1) is 16.3. The van der Waals surface area contributed by atoms with Crippen LogP contribution in [0.25, 0.3) is 5.69 Å². The minimum Gasteiger partial charge on any atom is -0.351 e. The van der Waals surface area contributed by atoms with Crippen LogP contribution in [-0.4, -0.2) is 14.7 Å². The molecule has 172 valence electrons. The monoisotopic (exact) mass is 490 g/mol. The van der Waals surface area contributed by atoms with E-state index in [0.29, 0.717) is 15.7 Å². The number of rotatable bonds is 4. The highest BCUT2D eigenvalue weighted by atomic mass is 35.5. The third-order valence-corrected chi connectivity index (χ3v) is 6.96. The second-order valence-electron chi connectivity index (χ2n) is 8.57. The van der Waals surface area contributed by atoms with Crippen molar-refractivity contribution >= 4 is 34.6 Å². The average molecular weight is 491 g/mol. The number of anilines is 1. The van der Waals surface area contributed by atoms with Gasteiger partial charge >= 0.3 is 0 Å². The van der Waals surface area contributed by atoms with E-state index in [1.165, 1.54) is 6.07 Å².